The van der Waals surface area contributed by atoms with E-state index in [1.165, 1.54) is 0 Å². The van der Waals surface area contributed by atoms with Crippen molar-refractivity contribution in [2.24, 2.45) is 7.05 Å². The second kappa shape index (κ2) is 3.43. The van der Waals surface area contributed by atoms with E-state index in [2.05, 4.69) is 17.0 Å². The molecule has 0 spiro atoms. The topological polar surface area (TPSA) is 29.9 Å². The maximum atomic E-state index is 4.21. The summed E-state index contributed by atoms with van der Waals surface area (Å²) in [4.78, 5) is 0. The lowest BCUT2D eigenvalue weighted by Crippen LogP contribution is -2.01. The summed E-state index contributed by atoms with van der Waals surface area (Å²) >= 11 is 0. The second-order valence-corrected chi connectivity index (χ2v) is 3.11. The molecule has 0 aliphatic rings. The average molecular weight is 165 g/mol. The summed E-state index contributed by atoms with van der Waals surface area (Å²) in [5.41, 5.74) is 3.23. The van der Waals surface area contributed by atoms with E-state index in [1.807, 2.05) is 27.1 Å². The smallest absolute Gasteiger partial charge is 0.0825 e. The molecular formula is C9H15N3. The minimum atomic E-state index is 0.812. The highest BCUT2D eigenvalue weighted by atomic mass is 15.3. The fourth-order valence-electron chi connectivity index (χ4n) is 1.02. The summed E-state index contributed by atoms with van der Waals surface area (Å²) in [7, 11) is 1.92. The van der Waals surface area contributed by atoms with Gasteiger partial charge in [0.15, 0.2) is 0 Å². The third kappa shape index (κ3) is 2.12. The van der Waals surface area contributed by atoms with Gasteiger partial charge in [-0.3, -0.25) is 4.68 Å². The Kier molecular flexibility index (Phi) is 2.53. The normalized spacial score (nSPS) is 9.92. The molecule has 1 N–H and O–H groups in total. The molecule has 1 aromatic rings. The van der Waals surface area contributed by atoms with Gasteiger partial charge in [-0.2, -0.15) is 5.10 Å². The van der Waals surface area contributed by atoms with E-state index in [-0.39, 0.29) is 0 Å². The van der Waals surface area contributed by atoms with Crippen LogP contribution >= 0.6 is 0 Å². The van der Waals surface area contributed by atoms with Gasteiger partial charge in [0.1, 0.15) is 0 Å². The largest absolute Gasteiger partial charge is 0.379 e. The van der Waals surface area contributed by atoms with Gasteiger partial charge in [0, 0.05) is 19.8 Å². The van der Waals surface area contributed by atoms with Crippen LogP contribution in [0.25, 0.3) is 0 Å². The molecule has 0 fully saturated rings. The SMILES string of the molecule is C=C(C)CNc1cn(C)nc1C. The molecule has 0 atom stereocenters. The molecule has 1 heterocycles. The van der Waals surface area contributed by atoms with Crippen molar-refractivity contribution in [2.45, 2.75) is 13.8 Å². The van der Waals surface area contributed by atoms with Crippen LogP contribution in [-0.2, 0) is 7.05 Å². The zero-order valence-electron chi connectivity index (χ0n) is 7.89. The van der Waals surface area contributed by atoms with Crippen molar-refractivity contribution in [1.29, 1.82) is 0 Å². The second-order valence-electron chi connectivity index (χ2n) is 3.11. The molecule has 1 aromatic heterocycles. The first-order valence-electron chi connectivity index (χ1n) is 3.98. The first-order chi connectivity index (χ1) is 5.59. The molecule has 0 saturated carbocycles. The fourth-order valence-corrected chi connectivity index (χ4v) is 1.02. The highest BCUT2D eigenvalue weighted by molar-refractivity contribution is 5.46. The van der Waals surface area contributed by atoms with Crippen molar-refractivity contribution in [1.82, 2.24) is 9.78 Å². The molecule has 0 unspecified atom stereocenters. The minimum Gasteiger partial charge on any atom is -0.379 e. The van der Waals surface area contributed by atoms with Crippen LogP contribution in [0.3, 0.4) is 0 Å². The van der Waals surface area contributed by atoms with E-state index in [1.54, 1.807) is 4.68 Å². The van der Waals surface area contributed by atoms with Gasteiger partial charge in [-0.25, -0.2) is 0 Å². The van der Waals surface area contributed by atoms with Crippen LogP contribution in [0.1, 0.15) is 12.6 Å². The van der Waals surface area contributed by atoms with Crippen molar-refractivity contribution in [3.8, 4) is 0 Å². The van der Waals surface area contributed by atoms with Crippen LogP contribution in [0.15, 0.2) is 18.3 Å². The molecule has 66 valence electrons. The van der Waals surface area contributed by atoms with E-state index >= 15 is 0 Å². The van der Waals surface area contributed by atoms with Gasteiger partial charge >= 0.3 is 0 Å². The zero-order valence-corrected chi connectivity index (χ0v) is 7.89. The predicted octanol–water partition coefficient (Wildman–Crippen LogP) is 1.72. The number of anilines is 1. The number of aryl methyl sites for hydroxylation is 2. The summed E-state index contributed by atoms with van der Waals surface area (Å²) in [6.07, 6.45) is 1.97. The van der Waals surface area contributed by atoms with E-state index in [0.29, 0.717) is 0 Å². The van der Waals surface area contributed by atoms with Crippen molar-refractivity contribution >= 4 is 5.69 Å². The van der Waals surface area contributed by atoms with Crippen LogP contribution in [0.2, 0.25) is 0 Å². The van der Waals surface area contributed by atoms with E-state index in [4.69, 9.17) is 0 Å². The van der Waals surface area contributed by atoms with Gasteiger partial charge in [0.25, 0.3) is 0 Å². The molecule has 0 aromatic carbocycles. The fraction of sp³-hybridized carbons (Fsp3) is 0.444. The predicted molar refractivity (Wildman–Crippen MR) is 51.2 cm³/mol. The number of nitrogens with zero attached hydrogens (tertiary/aromatic N) is 2. The van der Waals surface area contributed by atoms with Gasteiger partial charge in [0.05, 0.1) is 11.4 Å². The number of nitrogens with one attached hydrogen (secondary N) is 1. The first kappa shape index (κ1) is 8.84. The zero-order chi connectivity index (χ0) is 9.14. The molecule has 3 heteroatoms. The highest BCUT2D eigenvalue weighted by Gasteiger charge is 2.00. The van der Waals surface area contributed by atoms with Crippen LogP contribution in [0.4, 0.5) is 5.69 Å². The van der Waals surface area contributed by atoms with Gasteiger partial charge in [0.2, 0.25) is 0 Å². The third-order valence-electron chi connectivity index (χ3n) is 1.59. The van der Waals surface area contributed by atoms with Crippen LogP contribution in [0, 0.1) is 6.92 Å². The Bertz CT molecular complexity index is 286. The van der Waals surface area contributed by atoms with Gasteiger partial charge in [-0.05, 0) is 13.8 Å². The van der Waals surface area contributed by atoms with Crippen LogP contribution in [0.5, 0.6) is 0 Å². The van der Waals surface area contributed by atoms with E-state index < -0.39 is 0 Å². The minimum absolute atomic E-state index is 0.812. The Morgan fingerprint density at radius 3 is 2.83 bits per heavy atom. The molecule has 0 saturated heterocycles. The van der Waals surface area contributed by atoms with Gasteiger partial charge < -0.3 is 5.32 Å². The van der Waals surface area contributed by atoms with Crippen LogP contribution < -0.4 is 5.32 Å². The Balaban J connectivity index is 2.62. The summed E-state index contributed by atoms with van der Waals surface area (Å²) in [6, 6.07) is 0. The summed E-state index contributed by atoms with van der Waals surface area (Å²) < 4.78 is 1.80. The van der Waals surface area contributed by atoms with Crippen molar-refractivity contribution < 1.29 is 0 Å². The van der Waals surface area contributed by atoms with Crippen molar-refractivity contribution in [3.63, 3.8) is 0 Å². The number of hydrogen-bond donors (Lipinski definition) is 1. The maximum Gasteiger partial charge on any atom is 0.0825 e. The molecule has 3 nitrogen and oxygen atoms in total. The molecule has 0 amide bonds. The molecule has 0 aliphatic heterocycles. The Hall–Kier alpha value is -1.25. The molecule has 0 bridgehead atoms. The Morgan fingerprint density at radius 2 is 2.42 bits per heavy atom. The molecule has 12 heavy (non-hydrogen) atoms. The lowest BCUT2D eigenvalue weighted by molar-refractivity contribution is 0.756. The summed E-state index contributed by atoms with van der Waals surface area (Å²) in [5.74, 6) is 0. The van der Waals surface area contributed by atoms with E-state index in [9.17, 15) is 0 Å². The van der Waals surface area contributed by atoms with Crippen molar-refractivity contribution in [3.05, 3.63) is 24.0 Å². The molecule has 0 radical (unpaired) electrons. The first-order valence-corrected chi connectivity index (χ1v) is 3.98. The van der Waals surface area contributed by atoms with Gasteiger partial charge in [-0.1, -0.05) is 12.2 Å². The maximum absolute atomic E-state index is 4.21. The quantitative estimate of drug-likeness (QED) is 0.691. The van der Waals surface area contributed by atoms with Crippen molar-refractivity contribution in [2.75, 3.05) is 11.9 Å². The molecule has 1 rings (SSSR count). The number of rotatable bonds is 3. The standard InChI is InChI=1S/C9H15N3/c1-7(2)5-10-9-6-12(4)11-8(9)3/h6,10H,1,5H2,2-4H3. The monoisotopic (exact) mass is 165 g/mol. The average Bonchev–Trinajstić information content (AvgIpc) is 2.26. The number of hydrogen-bond acceptors (Lipinski definition) is 2. The van der Waals surface area contributed by atoms with E-state index in [0.717, 1.165) is 23.5 Å². The lowest BCUT2D eigenvalue weighted by atomic mass is 10.3. The van der Waals surface area contributed by atoms with Crippen LogP contribution in [-0.4, -0.2) is 16.3 Å². The third-order valence-corrected chi connectivity index (χ3v) is 1.59. The summed E-state index contributed by atoms with van der Waals surface area (Å²) in [5, 5.41) is 7.46. The highest BCUT2D eigenvalue weighted by Crippen LogP contribution is 2.11. The Morgan fingerprint density at radius 1 is 1.75 bits per heavy atom. The van der Waals surface area contributed by atoms with Gasteiger partial charge in [-0.15, -0.1) is 0 Å². The number of aromatic nitrogens is 2. The molecular weight excluding hydrogens is 150 g/mol. The molecule has 0 aliphatic carbocycles. The Labute approximate surface area is 73.1 Å². The summed E-state index contributed by atoms with van der Waals surface area (Å²) in [6.45, 7) is 8.61. The lowest BCUT2D eigenvalue weighted by Gasteiger charge is -2.02.